The molecule has 2 aliphatic rings. The molecular weight excluding hydrogens is 517 g/mol. The highest BCUT2D eigenvalue weighted by Crippen LogP contribution is 2.50. The van der Waals surface area contributed by atoms with E-state index in [9.17, 15) is 35.8 Å². The number of aromatic nitrogens is 1. The Hall–Kier alpha value is -3.18. The first kappa shape index (κ1) is 26.4. The van der Waals surface area contributed by atoms with Gasteiger partial charge >= 0.3 is 12.4 Å². The minimum Gasteiger partial charge on any atom is -0.470 e. The number of piperidine rings is 1. The number of nitrogens with zero attached hydrogens (tertiary/aromatic N) is 2. The average molecular weight is 540 g/mol. The van der Waals surface area contributed by atoms with Gasteiger partial charge in [0.15, 0.2) is 0 Å². The van der Waals surface area contributed by atoms with Gasteiger partial charge in [0.2, 0.25) is 5.88 Å². The van der Waals surface area contributed by atoms with E-state index in [1.807, 2.05) is 12.1 Å². The third kappa shape index (κ3) is 4.62. The zero-order valence-corrected chi connectivity index (χ0v) is 19.9. The maximum absolute atomic E-state index is 14.7. The third-order valence-corrected chi connectivity index (χ3v) is 7.32. The Morgan fingerprint density at radius 3 is 2.16 bits per heavy atom. The largest absolute Gasteiger partial charge is 0.470 e. The molecule has 0 unspecified atom stereocenters. The van der Waals surface area contributed by atoms with Crippen LogP contribution in [0.2, 0.25) is 0 Å². The van der Waals surface area contributed by atoms with E-state index >= 15 is 0 Å². The number of rotatable bonds is 4. The number of halogens is 7. The molecule has 4 nitrogen and oxygen atoms in total. The van der Waals surface area contributed by atoms with Gasteiger partial charge in [-0.05, 0) is 23.3 Å². The Labute approximate surface area is 213 Å². The number of aliphatic hydroxyl groups is 1. The summed E-state index contributed by atoms with van der Waals surface area (Å²) in [5, 5.41) is 9.51. The number of ether oxygens (including phenoxy) is 1. The van der Waals surface area contributed by atoms with Crippen LogP contribution < -0.4 is 4.74 Å². The number of hydrogen-bond acceptors (Lipinski definition) is 4. The maximum atomic E-state index is 14.7. The van der Waals surface area contributed by atoms with E-state index in [1.54, 1.807) is 30.5 Å². The van der Waals surface area contributed by atoms with E-state index < -0.39 is 29.3 Å². The monoisotopic (exact) mass is 540 g/mol. The minimum absolute atomic E-state index is 0.0761. The van der Waals surface area contributed by atoms with Crippen LogP contribution in [0.1, 0.15) is 29.5 Å². The smallest absolute Gasteiger partial charge is 0.430 e. The predicted octanol–water partition coefficient (Wildman–Crippen LogP) is 6.17. The van der Waals surface area contributed by atoms with Crippen molar-refractivity contribution in [3.05, 3.63) is 83.3 Å². The number of fused-ring (bicyclic) bond motifs is 1. The van der Waals surface area contributed by atoms with Crippen molar-refractivity contribution in [3.63, 3.8) is 0 Å². The van der Waals surface area contributed by atoms with E-state index in [1.165, 1.54) is 0 Å². The molecule has 1 N–H and O–H groups in total. The summed E-state index contributed by atoms with van der Waals surface area (Å²) in [6.45, 7) is 2.22. The lowest BCUT2D eigenvalue weighted by Crippen LogP contribution is -2.53. The summed E-state index contributed by atoms with van der Waals surface area (Å²) >= 11 is 0. The molecule has 3 heterocycles. The molecule has 0 radical (unpaired) electrons. The van der Waals surface area contributed by atoms with E-state index in [4.69, 9.17) is 4.74 Å². The summed E-state index contributed by atoms with van der Waals surface area (Å²) in [6.07, 6.45) is -7.96. The van der Waals surface area contributed by atoms with E-state index in [-0.39, 0.29) is 22.8 Å². The highest BCUT2D eigenvalue weighted by atomic mass is 19.4. The first-order valence-electron chi connectivity index (χ1n) is 11.9. The van der Waals surface area contributed by atoms with E-state index in [0.29, 0.717) is 18.5 Å². The van der Waals surface area contributed by atoms with Gasteiger partial charge in [-0.1, -0.05) is 42.5 Å². The number of hydrogen-bond donors (Lipinski definition) is 1. The Kier molecular flexibility index (Phi) is 6.42. The fourth-order valence-electron chi connectivity index (χ4n) is 5.15. The van der Waals surface area contributed by atoms with Gasteiger partial charge in [0.25, 0.3) is 5.60 Å². The molecule has 0 saturated carbocycles. The summed E-state index contributed by atoms with van der Waals surface area (Å²) in [5.41, 5.74) is -4.94. The van der Waals surface area contributed by atoms with Gasteiger partial charge in [0.05, 0.1) is 0 Å². The molecule has 0 aliphatic carbocycles. The summed E-state index contributed by atoms with van der Waals surface area (Å²) < 4.78 is 99.6. The van der Waals surface area contributed by atoms with Gasteiger partial charge in [-0.2, -0.15) is 26.3 Å². The van der Waals surface area contributed by atoms with Crippen LogP contribution in [0.4, 0.5) is 30.7 Å². The standard InChI is InChI=1S/C27H23F7N2O2/c28-22-14-20(25(37,26(29,30)31)27(32,33)34)7-8-21(22)18-5-3-17(4-6-18)16-36-12-9-24(10-13-36)15-19-2-1-11-35-23(19)38-24/h1-8,11,14,37H,9-10,12-13,15-16H2. The molecule has 3 aromatic rings. The van der Waals surface area contributed by atoms with Crippen LogP contribution in [-0.4, -0.2) is 46.0 Å². The van der Waals surface area contributed by atoms with Crippen LogP contribution in [0.3, 0.4) is 0 Å². The van der Waals surface area contributed by atoms with Crippen molar-refractivity contribution in [2.24, 2.45) is 0 Å². The predicted molar refractivity (Wildman–Crippen MR) is 124 cm³/mol. The SMILES string of the molecule is OC(c1ccc(-c2ccc(CN3CCC4(CC3)Cc3cccnc3O4)cc2)c(F)c1)(C(F)(F)F)C(F)(F)F. The zero-order valence-electron chi connectivity index (χ0n) is 19.9. The van der Waals surface area contributed by atoms with Gasteiger partial charge < -0.3 is 9.84 Å². The molecule has 11 heteroatoms. The van der Waals surface area contributed by atoms with Gasteiger partial charge in [-0.3, -0.25) is 4.90 Å². The second kappa shape index (κ2) is 9.23. The third-order valence-electron chi connectivity index (χ3n) is 7.32. The van der Waals surface area contributed by atoms with Crippen molar-refractivity contribution < 1.29 is 40.6 Å². The summed E-state index contributed by atoms with van der Waals surface area (Å²) in [6, 6.07) is 11.8. The lowest BCUT2D eigenvalue weighted by atomic mass is 9.87. The summed E-state index contributed by atoms with van der Waals surface area (Å²) in [4.78, 5) is 6.55. The van der Waals surface area contributed by atoms with Crippen LogP contribution in [0.25, 0.3) is 11.1 Å². The molecule has 1 saturated heterocycles. The fourth-order valence-corrected chi connectivity index (χ4v) is 5.15. The van der Waals surface area contributed by atoms with Crippen molar-refractivity contribution in [3.8, 4) is 17.0 Å². The summed E-state index contributed by atoms with van der Waals surface area (Å²) in [5.74, 6) is -0.617. The van der Waals surface area contributed by atoms with Crippen LogP contribution in [0, 0.1) is 5.82 Å². The van der Waals surface area contributed by atoms with Crippen LogP contribution >= 0.6 is 0 Å². The second-order valence-corrected chi connectivity index (χ2v) is 9.80. The number of likely N-dealkylation sites (tertiary alicyclic amines) is 1. The van der Waals surface area contributed by atoms with Crippen LogP contribution in [-0.2, 0) is 18.6 Å². The van der Waals surface area contributed by atoms with Gasteiger partial charge in [0.1, 0.15) is 11.4 Å². The van der Waals surface area contributed by atoms with E-state index in [2.05, 4.69) is 9.88 Å². The molecule has 0 amide bonds. The maximum Gasteiger partial charge on any atom is 0.430 e. The van der Waals surface area contributed by atoms with Gasteiger partial charge in [-0.25, -0.2) is 9.37 Å². The first-order valence-corrected chi connectivity index (χ1v) is 11.9. The quantitative estimate of drug-likeness (QED) is 0.402. The molecule has 0 bridgehead atoms. The zero-order chi connectivity index (χ0) is 27.3. The van der Waals surface area contributed by atoms with Crippen molar-refractivity contribution >= 4 is 0 Å². The van der Waals surface area contributed by atoms with Crippen molar-refractivity contribution in [2.75, 3.05) is 13.1 Å². The van der Waals surface area contributed by atoms with Crippen molar-refractivity contribution in [1.29, 1.82) is 0 Å². The molecule has 5 rings (SSSR count). The number of pyridine rings is 1. The Balaban J connectivity index is 1.25. The van der Waals surface area contributed by atoms with Crippen LogP contribution in [0.15, 0.2) is 60.8 Å². The van der Waals surface area contributed by atoms with E-state index in [0.717, 1.165) is 49.5 Å². The Morgan fingerprint density at radius 1 is 0.921 bits per heavy atom. The van der Waals surface area contributed by atoms with Crippen molar-refractivity contribution in [2.45, 2.75) is 49.4 Å². The molecular formula is C27H23F7N2O2. The lowest BCUT2D eigenvalue weighted by Gasteiger charge is -2.38. The molecule has 2 aromatic carbocycles. The Bertz CT molecular complexity index is 1270. The highest BCUT2D eigenvalue weighted by molar-refractivity contribution is 5.65. The number of alkyl halides is 6. The molecule has 0 atom stereocenters. The Morgan fingerprint density at radius 2 is 1.58 bits per heavy atom. The lowest BCUT2D eigenvalue weighted by molar-refractivity contribution is -0.376. The molecule has 1 fully saturated rings. The van der Waals surface area contributed by atoms with Crippen molar-refractivity contribution in [1.82, 2.24) is 9.88 Å². The molecule has 202 valence electrons. The number of benzene rings is 2. The normalized spacial score (nSPS) is 17.9. The fraction of sp³-hybridized carbons (Fsp3) is 0.370. The molecule has 1 spiro atoms. The summed E-state index contributed by atoms with van der Waals surface area (Å²) in [7, 11) is 0. The average Bonchev–Trinajstić information content (AvgIpc) is 3.22. The van der Waals surface area contributed by atoms with Gasteiger partial charge in [0, 0.05) is 61.8 Å². The minimum atomic E-state index is -6.08. The molecule has 1 aromatic heterocycles. The first-order chi connectivity index (χ1) is 17.8. The highest BCUT2D eigenvalue weighted by Gasteiger charge is 2.71. The van der Waals surface area contributed by atoms with Gasteiger partial charge in [-0.15, -0.1) is 0 Å². The molecule has 2 aliphatic heterocycles. The molecule has 38 heavy (non-hydrogen) atoms. The topological polar surface area (TPSA) is 45.6 Å². The second-order valence-electron chi connectivity index (χ2n) is 9.80. The van der Waals surface area contributed by atoms with Crippen LogP contribution in [0.5, 0.6) is 5.88 Å².